The molecule has 0 aromatic carbocycles. The first kappa shape index (κ1) is 8.77. The maximum Gasteiger partial charge on any atom is 0.328 e. The quantitative estimate of drug-likeness (QED) is 0.572. The van der Waals surface area contributed by atoms with Crippen molar-refractivity contribution in [2.75, 3.05) is 13.6 Å². The standard InChI is InChI=1S/C8H11NO3/c1-9-5-6(4-8(11)12)2-3-7(9)10/h4H,2-3,5H2,1H3,(H,11,12)/b6-4-. The lowest BCUT2D eigenvalue weighted by molar-refractivity contribution is -0.133. The van der Waals surface area contributed by atoms with Crippen molar-refractivity contribution in [1.82, 2.24) is 4.90 Å². The Kier molecular flexibility index (Phi) is 2.47. The zero-order valence-electron chi connectivity index (χ0n) is 6.91. The number of carboxylic acid groups (broad SMARTS) is 1. The van der Waals surface area contributed by atoms with Crippen molar-refractivity contribution in [2.24, 2.45) is 0 Å². The van der Waals surface area contributed by atoms with E-state index in [0.717, 1.165) is 5.57 Å². The van der Waals surface area contributed by atoms with Gasteiger partial charge in [0.25, 0.3) is 0 Å². The molecule has 12 heavy (non-hydrogen) atoms. The molecule has 1 N–H and O–H groups in total. The second-order valence-corrected chi connectivity index (χ2v) is 2.89. The van der Waals surface area contributed by atoms with E-state index in [1.165, 1.54) is 11.0 Å². The molecule has 0 aromatic rings. The molecule has 1 amide bonds. The molecule has 0 unspecified atom stereocenters. The van der Waals surface area contributed by atoms with Crippen molar-refractivity contribution < 1.29 is 14.7 Å². The first-order chi connectivity index (χ1) is 5.59. The Bertz CT molecular complexity index is 245. The molecule has 4 heteroatoms. The zero-order valence-corrected chi connectivity index (χ0v) is 6.91. The summed E-state index contributed by atoms with van der Waals surface area (Å²) in [5, 5.41) is 8.44. The average Bonchev–Trinajstić information content (AvgIpc) is 1.96. The van der Waals surface area contributed by atoms with Crippen LogP contribution in [0.2, 0.25) is 0 Å². The first-order valence-electron chi connectivity index (χ1n) is 3.76. The summed E-state index contributed by atoms with van der Waals surface area (Å²) in [7, 11) is 1.68. The van der Waals surface area contributed by atoms with Gasteiger partial charge in [-0.25, -0.2) is 4.79 Å². The lowest BCUT2D eigenvalue weighted by atomic mass is 10.0. The van der Waals surface area contributed by atoms with Crippen LogP contribution >= 0.6 is 0 Å². The van der Waals surface area contributed by atoms with Gasteiger partial charge in [0.05, 0.1) is 0 Å². The highest BCUT2D eigenvalue weighted by atomic mass is 16.4. The minimum absolute atomic E-state index is 0.0811. The highest BCUT2D eigenvalue weighted by Gasteiger charge is 2.17. The van der Waals surface area contributed by atoms with E-state index in [2.05, 4.69) is 0 Å². The molecule has 0 bridgehead atoms. The van der Waals surface area contributed by atoms with E-state index < -0.39 is 5.97 Å². The molecule has 1 aliphatic rings. The maximum absolute atomic E-state index is 11.0. The molecule has 66 valence electrons. The Morgan fingerprint density at radius 1 is 1.58 bits per heavy atom. The van der Waals surface area contributed by atoms with Gasteiger partial charge < -0.3 is 10.0 Å². The number of likely N-dealkylation sites (N-methyl/N-ethyl adjacent to an activating group) is 1. The third kappa shape index (κ3) is 2.08. The molecule has 0 saturated carbocycles. The Balaban J connectivity index is 2.62. The van der Waals surface area contributed by atoms with Gasteiger partial charge in [0.2, 0.25) is 5.91 Å². The number of hydrogen-bond acceptors (Lipinski definition) is 2. The molecule has 1 rings (SSSR count). The molecule has 0 atom stereocenters. The summed E-state index contributed by atoms with van der Waals surface area (Å²) in [6, 6.07) is 0. The van der Waals surface area contributed by atoms with Crippen LogP contribution in [0.5, 0.6) is 0 Å². The number of amides is 1. The molecular weight excluding hydrogens is 158 g/mol. The number of carboxylic acids is 1. The van der Waals surface area contributed by atoms with Crippen molar-refractivity contribution in [1.29, 1.82) is 0 Å². The smallest absolute Gasteiger partial charge is 0.328 e. The lowest BCUT2D eigenvalue weighted by Crippen LogP contribution is -2.33. The van der Waals surface area contributed by atoms with E-state index in [4.69, 9.17) is 5.11 Å². The predicted octanol–water partition coefficient (Wildman–Crippen LogP) is 0.250. The van der Waals surface area contributed by atoms with E-state index in [9.17, 15) is 9.59 Å². The largest absolute Gasteiger partial charge is 0.478 e. The van der Waals surface area contributed by atoms with E-state index in [0.29, 0.717) is 19.4 Å². The van der Waals surface area contributed by atoms with Crippen LogP contribution in [0.15, 0.2) is 11.6 Å². The third-order valence-electron chi connectivity index (χ3n) is 1.85. The highest BCUT2D eigenvalue weighted by molar-refractivity contribution is 5.83. The number of nitrogens with zero attached hydrogens (tertiary/aromatic N) is 1. The Labute approximate surface area is 70.5 Å². The summed E-state index contributed by atoms with van der Waals surface area (Å²) in [6.07, 6.45) is 2.19. The molecule has 1 saturated heterocycles. The summed E-state index contributed by atoms with van der Waals surface area (Å²) >= 11 is 0. The number of carbonyl (C=O) groups excluding carboxylic acids is 1. The number of carbonyl (C=O) groups is 2. The fourth-order valence-corrected chi connectivity index (χ4v) is 1.22. The van der Waals surface area contributed by atoms with Crippen LogP contribution in [-0.4, -0.2) is 35.5 Å². The zero-order chi connectivity index (χ0) is 9.14. The van der Waals surface area contributed by atoms with E-state index >= 15 is 0 Å². The molecular formula is C8H11NO3. The van der Waals surface area contributed by atoms with Gasteiger partial charge >= 0.3 is 5.97 Å². The Hall–Kier alpha value is -1.32. The molecule has 4 nitrogen and oxygen atoms in total. The fraction of sp³-hybridized carbons (Fsp3) is 0.500. The van der Waals surface area contributed by atoms with E-state index in [1.54, 1.807) is 7.05 Å². The van der Waals surface area contributed by atoms with Gasteiger partial charge in [0, 0.05) is 26.1 Å². The molecule has 0 radical (unpaired) electrons. The minimum Gasteiger partial charge on any atom is -0.478 e. The molecule has 0 aromatic heterocycles. The third-order valence-corrected chi connectivity index (χ3v) is 1.85. The predicted molar refractivity (Wildman–Crippen MR) is 42.6 cm³/mol. The van der Waals surface area contributed by atoms with Crippen LogP contribution in [-0.2, 0) is 9.59 Å². The minimum atomic E-state index is -0.937. The summed E-state index contributed by atoms with van der Waals surface area (Å²) in [5.74, 6) is -0.856. The van der Waals surface area contributed by atoms with E-state index in [1.807, 2.05) is 0 Å². The molecule has 1 heterocycles. The summed E-state index contributed by atoms with van der Waals surface area (Å²) < 4.78 is 0. The van der Waals surface area contributed by atoms with Gasteiger partial charge in [-0.1, -0.05) is 0 Å². The van der Waals surface area contributed by atoms with Gasteiger partial charge in [0.1, 0.15) is 0 Å². The molecule has 0 aliphatic carbocycles. The number of rotatable bonds is 1. The summed E-state index contributed by atoms with van der Waals surface area (Å²) in [4.78, 5) is 22.8. The van der Waals surface area contributed by atoms with Crippen LogP contribution < -0.4 is 0 Å². The Morgan fingerprint density at radius 2 is 2.25 bits per heavy atom. The molecule has 1 aliphatic heterocycles. The van der Waals surface area contributed by atoms with Crippen molar-refractivity contribution in [3.63, 3.8) is 0 Å². The van der Waals surface area contributed by atoms with Gasteiger partial charge in [-0.15, -0.1) is 0 Å². The van der Waals surface area contributed by atoms with Gasteiger partial charge in [-0.3, -0.25) is 4.79 Å². The van der Waals surface area contributed by atoms with Gasteiger partial charge in [-0.2, -0.15) is 0 Å². The molecule has 0 spiro atoms. The maximum atomic E-state index is 11.0. The Morgan fingerprint density at radius 3 is 2.75 bits per heavy atom. The van der Waals surface area contributed by atoms with Crippen molar-refractivity contribution >= 4 is 11.9 Å². The number of piperidine rings is 1. The number of likely N-dealkylation sites (tertiary alicyclic amines) is 1. The van der Waals surface area contributed by atoms with Gasteiger partial charge in [0.15, 0.2) is 0 Å². The number of hydrogen-bond donors (Lipinski definition) is 1. The topological polar surface area (TPSA) is 57.6 Å². The molecule has 1 fully saturated rings. The van der Waals surface area contributed by atoms with Crippen molar-refractivity contribution in [3.05, 3.63) is 11.6 Å². The number of aliphatic carboxylic acids is 1. The van der Waals surface area contributed by atoms with Crippen LogP contribution in [0.1, 0.15) is 12.8 Å². The van der Waals surface area contributed by atoms with Crippen LogP contribution in [0.3, 0.4) is 0 Å². The summed E-state index contributed by atoms with van der Waals surface area (Å²) in [5.41, 5.74) is 0.810. The van der Waals surface area contributed by atoms with Crippen molar-refractivity contribution in [3.8, 4) is 0 Å². The highest BCUT2D eigenvalue weighted by Crippen LogP contribution is 2.14. The average molecular weight is 169 g/mol. The SMILES string of the molecule is CN1C/C(=C\C(=O)O)CCC1=O. The van der Waals surface area contributed by atoms with Crippen LogP contribution in [0, 0.1) is 0 Å². The first-order valence-corrected chi connectivity index (χ1v) is 3.76. The van der Waals surface area contributed by atoms with Crippen LogP contribution in [0.25, 0.3) is 0 Å². The van der Waals surface area contributed by atoms with E-state index in [-0.39, 0.29) is 5.91 Å². The normalized spacial score (nSPS) is 21.6. The lowest BCUT2D eigenvalue weighted by Gasteiger charge is -2.24. The monoisotopic (exact) mass is 169 g/mol. The fourth-order valence-electron chi connectivity index (χ4n) is 1.22. The van der Waals surface area contributed by atoms with Crippen molar-refractivity contribution in [2.45, 2.75) is 12.8 Å². The second-order valence-electron chi connectivity index (χ2n) is 2.89. The van der Waals surface area contributed by atoms with Gasteiger partial charge in [-0.05, 0) is 12.0 Å². The second kappa shape index (κ2) is 3.38. The summed E-state index contributed by atoms with van der Waals surface area (Å²) in [6.45, 7) is 0.450. The van der Waals surface area contributed by atoms with Crippen LogP contribution in [0.4, 0.5) is 0 Å².